The molecule has 15 heteroatoms. The van der Waals surface area contributed by atoms with E-state index < -0.39 is 54.8 Å². The van der Waals surface area contributed by atoms with Gasteiger partial charge >= 0.3 is 12.2 Å². The molecule has 0 bridgehead atoms. The molecule has 42 heavy (non-hydrogen) atoms. The predicted octanol–water partition coefficient (Wildman–Crippen LogP) is 4.83. The number of carbonyl (C=O) groups excluding carboxylic acids is 2. The van der Waals surface area contributed by atoms with Gasteiger partial charge in [0.05, 0.1) is 19.2 Å². The minimum Gasteiger partial charge on any atom is -0.435 e. The van der Waals surface area contributed by atoms with Crippen LogP contribution in [0.2, 0.25) is 0 Å². The Morgan fingerprint density at radius 2 is 2.00 bits per heavy atom. The maximum absolute atomic E-state index is 15.4. The summed E-state index contributed by atoms with van der Waals surface area (Å²) >= 11 is 0. The first-order valence-corrected chi connectivity index (χ1v) is 13.7. The lowest BCUT2D eigenvalue weighted by Crippen LogP contribution is -2.40. The van der Waals surface area contributed by atoms with Crippen LogP contribution in [-0.4, -0.2) is 70.3 Å². The van der Waals surface area contributed by atoms with Gasteiger partial charge in [-0.25, -0.2) is 18.6 Å². The fourth-order valence-electron chi connectivity index (χ4n) is 5.68. The van der Waals surface area contributed by atoms with Crippen molar-refractivity contribution >= 4 is 23.0 Å². The van der Waals surface area contributed by atoms with Gasteiger partial charge in [0, 0.05) is 19.9 Å². The van der Waals surface area contributed by atoms with Gasteiger partial charge in [0.15, 0.2) is 11.4 Å². The molecular weight excluding hydrogens is 567 g/mol. The molecule has 228 valence electrons. The number of aryl methyl sites for hydroxylation is 1. The zero-order valence-electron chi connectivity index (χ0n) is 23.0. The molecule has 2 aromatic heterocycles. The summed E-state index contributed by atoms with van der Waals surface area (Å²) in [6.45, 7) is 1.40. The number of hydrogen-bond donors (Lipinski definition) is 2. The molecule has 0 spiro atoms. The molecule has 2 fully saturated rings. The first-order chi connectivity index (χ1) is 20.0. The van der Waals surface area contributed by atoms with Gasteiger partial charge in [-0.2, -0.15) is 18.3 Å². The molecule has 3 aromatic rings. The SMILES string of the molecule is CCn1nccc1C(=O)NC(c1nc2cc(C(COC)N3CC(C(F)(F)F)NC3=O)cc(F)c2o1)C1CCC(F)CC1. The van der Waals surface area contributed by atoms with E-state index in [1.807, 2.05) is 12.2 Å². The molecule has 3 amide bonds. The zero-order chi connectivity index (χ0) is 30.2. The van der Waals surface area contributed by atoms with Gasteiger partial charge in [-0.3, -0.25) is 9.48 Å². The van der Waals surface area contributed by atoms with Crippen molar-refractivity contribution in [2.45, 2.75) is 69.6 Å². The number of nitrogens with one attached hydrogen (secondary N) is 2. The Balaban J connectivity index is 1.48. The van der Waals surface area contributed by atoms with Crippen LogP contribution >= 0.6 is 0 Å². The van der Waals surface area contributed by atoms with Crippen molar-refractivity contribution < 1.29 is 40.7 Å². The Morgan fingerprint density at radius 1 is 1.26 bits per heavy atom. The van der Waals surface area contributed by atoms with Crippen molar-refractivity contribution in [3.63, 3.8) is 0 Å². The Morgan fingerprint density at radius 3 is 2.64 bits per heavy atom. The highest BCUT2D eigenvalue weighted by molar-refractivity contribution is 5.92. The molecule has 3 unspecified atom stereocenters. The number of amides is 3. The number of aromatic nitrogens is 3. The van der Waals surface area contributed by atoms with E-state index in [1.165, 1.54) is 24.1 Å². The number of alkyl halides is 4. The van der Waals surface area contributed by atoms with Crippen molar-refractivity contribution in [1.29, 1.82) is 0 Å². The second-order valence-electron chi connectivity index (χ2n) is 10.6. The molecule has 5 rings (SSSR count). The molecule has 1 aliphatic heterocycles. The second kappa shape index (κ2) is 11.9. The van der Waals surface area contributed by atoms with Crippen molar-refractivity contribution in [3.8, 4) is 0 Å². The lowest BCUT2D eigenvalue weighted by atomic mass is 9.83. The first-order valence-electron chi connectivity index (χ1n) is 13.7. The van der Waals surface area contributed by atoms with Crippen LogP contribution in [0.1, 0.15) is 66.6 Å². The van der Waals surface area contributed by atoms with E-state index in [9.17, 15) is 27.2 Å². The van der Waals surface area contributed by atoms with Crippen LogP contribution in [0.15, 0.2) is 28.8 Å². The van der Waals surface area contributed by atoms with E-state index in [-0.39, 0.29) is 47.9 Å². The Labute approximate surface area is 237 Å². The molecule has 1 aromatic carbocycles. The van der Waals surface area contributed by atoms with Crippen molar-refractivity contribution in [3.05, 3.63) is 47.4 Å². The number of methoxy groups -OCH3 is 1. The second-order valence-corrected chi connectivity index (χ2v) is 10.6. The van der Waals surface area contributed by atoms with E-state index in [4.69, 9.17) is 9.15 Å². The third-order valence-corrected chi connectivity index (χ3v) is 7.88. The monoisotopic (exact) mass is 598 g/mol. The van der Waals surface area contributed by atoms with E-state index >= 15 is 4.39 Å². The van der Waals surface area contributed by atoms with Gasteiger partial charge in [-0.1, -0.05) is 0 Å². The van der Waals surface area contributed by atoms with Gasteiger partial charge in [-0.15, -0.1) is 0 Å². The number of fused-ring (bicyclic) bond motifs is 1. The highest BCUT2D eigenvalue weighted by Crippen LogP contribution is 2.38. The number of halogens is 5. The smallest absolute Gasteiger partial charge is 0.410 e. The molecule has 0 radical (unpaired) electrons. The normalized spacial score (nSPS) is 22.8. The van der Waals surface area contributed by atoms with E-state index in [1.54, 1.807) is 6.07 Å². The van der Waals surface area contributed by atoms with Crippen molar-refractivity contribution in [2.75, 3.05) is 20.3 Å². The first kappa shape index (κ1) is 29.7. The van der Waals surface area contributed by atoms with Crippen LogP contribution < -0.4 is 10.6 Å². The summed E-state index contributed by atoms with van der Waals surface area (Å²) in [7, 11) is 1.31. The van der Waals surface area contributed by atoms with Crippen LogP contribution in [0.4, 0.5) is 26.7 Å². The van der Waals surface area contributed by atoms with Gasteiger partial charge in [0.25, 0.3) is 5.91 Å². The largest absolute Gasteiger partial charge is 0.435 e. The standard InChI is InChI=1S/C27H31F5N6O4/c1-3-38-19(8-9-33-38)24(39)36-22(14-4-6-16(28)7-5-14)25-34-18-11-15(10-17(29)23(18)42-25)20(13-41-2)37-12-21(27(30,31)32)35-26(37)40/h8-11,14,16,20-22H,3-7,12-13H2,1-2H3,(H,35,40)(H,36,39). The van der Waals surface area contributed by atoms with Gasteiger partial charge < -0.3 is 24.7 Å². The summed E-state index contributed by atoms with van der Waals surface area (Å²) < 4.78 is 81.8. The molecule has 3 heterocycles. The number of urea groups is 1. The minimum absolute atomic E-state index is 0.0126. The van der Waals surface area contributed by atoms with Crippen LogP contribution in [-0.2, 0) is 11.3 Å². The third-order valence-electron chi connectivity index (χ3n) is 7.88. The summed E-state index contributed by atoms with van der Waals surface area (Å²) in [4.78, 5) is 31.1. The summed E-state index contributed by atoms with van der Waals surface area (Å²) in [5.74, 6) is -1.54. The van der Waals surface area contributed by atoms with Gasteiger partial charge in [-0.05, 0) is 62.3 Å². The highest BCUT2D eigenvalue weighted by Gasteiger charge is 2.48. The Bertz CT molecular complexity index is 1430. The van der Waals surface area contributed by atoms with Crippen LogP contribution in [0.25, 0.3) is 11.1 Å². The van der Waals surface area contributed by atoms with Crippen LogP contribution in [0.3, 0.4) is 0 Å². The van der Waals surface area contributed by atoms with E-state index in [2.05, 4.69) is 15.4 Å². The summed E-state index contributed by atoms with van der Waals surface area (Å²) in [6.07, 6.45) is -2.67. The average Bonchev–Trinajstić information content (AvgIpc) is 3.69. The molecule has 1 aliphatic carbocycles. The van der Waals surface area contributed by atoms with E-state index in [0.29, 0.717) is 25.1 Å². The topological polar surface area (TPSA) is 115 Å². The quantitative estimate of drug-likeness (QED) is 0.341. The summed E-state index contributed by atoms with van der Waals surface area (Å²) in [6, 6.07) is -0.857. The third kappa shape index (κ3) is 5.92. The number of rotatable bonds is 9. The maximum atomic E-state index is 15.4. The van der Waals surface area contributed by atoms with E-state index in [0.717, 1.165) is 11.0 Å². The number of hydrogen-bond acceptors (Lipinski definition) is 6. The maximum Gasteiger partial charge on any atom is 0.410 e. The number of nitrogens with zero attached hydrogens (tertiary/aromatic N) is 4. The fourth-order valence-corrected chi connectivity index (χ4v) is 5.68. The average molecular weight is 599 g/mol. The number of oxazole rings is 1. The summed E-state index contributed by atoms with van der Waals surface area (Å²) in [5.41, 5.74) is 0.283. The van der Waals surface area contributed by atoms with Gasteiger partial charge in [0.2, 0.25) is 5.89 Å². The number of benzene rings is 1. The van der Waals surface area contributed by atoms with Crippen LogP contribution in [0, 0.1) is 11.7 Å². The Hall–Kier alpha value is -3.75. The molecule has 1 saturated heterocycles. The lowest BCUT2D eigenvalue weighted by molar-refractivity contribution is -0.150. The van der Waals surface area contributed by atoms with Crippen molar-refractivity contribution in [1.82, 2.24) is 30.3 Å². The predicted molar refractivity (Wildman–Crippen MR) is 139 cm³/mol. The molecule has 2 aliphatic rings. The zero-order valence-corrected chi connectivity index (χ0v) is 23.0. The minimum atomic E-state index is -4.66. The number of ether oxygens (including phenoxy) is 1. The Kier molecular flexibility index (Phi) is 8.39. The van der Waals surface area contributed by atoms with Gasteiger partial charge in [0.1, 0.15) is 29.5 Å². The molecule has 1 saturated carbocycles. The van der Waals surface area contributed by atoms with Crippen LogP contribution in [0.5, 0.6) is 0 Å². The summed E-state index contributed by atoms with van der Waals surface area (Å²) in [5, 5.41) is 8.93. The fraction of sp³-hybridized carbons (Fsp3) is 0.556. The number of carbonyl (C=O) groups is 2. The molecular formula is C27H31F5N6O4. The lowest BCUT2D eigenvalue weighted by Gasteiger charge is -2.30. The highest BCUT2D eigenvalue weighted by atomic mass is 19.4. The van der Waals surface area contributed by atoms with Crippen molar-refractivity contribution in [2.24, 2.45) is 5.92 Å². The molecule has 2 N–H and O–H groups in total. The molecule has 10 nitrogen and oxygen atoms in total. The molecule has 3 atom stereocenters.